The Morgan fingerprint density at radius 2 is 1.77 bits per heavy atom. The first kappa shape index (κ1) is 16.2. The standard InChI is InChI=1S/C16H19NO4S/c1-4-12-7-5-6-8-14(12)17-22(18,19)16-11-13(20-2)9-10-15(16)21-3/h5-11,17H,4H2,1-3H3. The van der Waals surface area contributed by atoms with E-state index in [1.165, 1.54) is 20.3 Å². The van der Waals surface area contributed by atoms with Gasteiger partial charge in [0.2, 0.25) is 0 Å². The summed E-state index contributed by atoms with van der Waals surface area (Å²) in [6.07, 6.45) is 0.730. The van der Waals surface area contributed by atoms with Crippen molar-refractivity contribution in [1.29, 1.82) is 0 Å². The first-order chi connectivity index (χ1) is 10.5. The lowest BCUT2D eigenvalue weighted by molar-refractivity contribution is 0.392. The SMILES string of the molecule is CCc1ccccc1NS(=O)(=O)c1cc(OC)ccc1OC. The lowest BCUT2D eigenvalue weighted by atomic mass is 10.1. The maximum Gasteiger partial charge on any atom is 0.265 e. The number of benzene rings is 2. The van der Waals surface area contributed by atoms with E-state index in [-0.39, 0.29) is 10.6 Å². The van der Waals surface area contributed by atoms with Gasteiger partial charge in [0.15, 0.2) is 0 Å². The molecule has 0 aliphatic heterocycles. The number of hydrogen-bond acceptors (Lipinski definition) is 4. The van der Waals surface area contributed by atoms with Gasteiger partial charge in [-0.1, -0.05) is 25.1 Å². The lowest BCUT2D eigenvalue weighted by Crippen LogP contribution is -2.15. The number of methoxy groups -OCH3 is 2. The van der Waals surface area contributed by atoms with Gasteiger partial charge in [0.25, 0.3) is 10.0 Å². The first-order valence-electron chi connectivity index (χ1n) is 6.84. The quantitative estimate of drug-likeness (QED) is 0.888. The first-order valence-corrected chi connectivity index (χ1v) is 8.33. The van der Waals surface area contributed by atoms with Gasteiger partial charge in [0.05, 0.1) is 19.9 Å². The van der Waals surface area contributed by atoms with Crippen molar-refractivity contribution < 1.29 is 17.9 Å². The summed E-state index contributed by atoms with van der Waals surface area (Å²) >= 11 is 0. The van der Waals surface area contributed by atoms with Crippen LogP contribution in [-0.4, -0.2) is 22.6 Å². The van der Waals surface area contributed by atoms with Crippen LogP contribution in [0.25, 0.3) is 0 Å². The van der Waals surface area contributed by atoms with Gasteiger partial charge in [-0.15, -0.1) is 0 Å². The van der Waals surface area contributed by atoms with Crippen molar-refractivity contribution in [3.05, 3.63) is 48.0 Å². The largest absolute Gasteiger partial charge is 0.497 e. The Kier molecular flexibility index (Phi) is 4.92. The summed E-state index contributed by atoms with van der Waals surface area (Å²) in [5.74, 6) is 0.715. The lowest BCUT2D eigenvalue weighted by Gasteiger charge is -2.14. The van der Waals surface area contributed by atoms with Crippen LogP contribution in [0.15, 0.2) is 47.4 Å². The van der Waals surface area contributed by atoms with Crippen molar-refractivity contribution in [3.8, 4) is 11.5 Å². The molecule has 0 saturated carbocycles. The van der Waals surface area contributed by atoms with Crippen LogP contribution in [0, 0.1) is 0 Å². The third-order valence-corrected chi connectivity index (χ3v) is 4.69. The molecule has 0 atom stereocenters. The molecule has 2 aromatic rings. The number of sulfonamides is 1. The minimum Gasteiger partial charge on any atom is -0.497 e. The van der Waals surface area contributed by atoms with E-state index in [1.54, 1.807) is 24.3 Å². The highest BCUT2D eigenvalue weighted by molar-refractivity contribution is 7.92. The molecular formula is C16H19NO4S. The molecule has 22 heavy (non-hydrogen) atoms. The average Bonchev–Trinajstić information content (AvgIpc) is 2.54. The molecule has 118 valence electrons. The smallest absolute Gasteiger partial charge is 0.265 e. The van der Waals surface area contributed by atoms with E-state index in [0.717, 1.165) is 12.0 Å². The van der Waals surface area contributed by atoms with Crippen LogP contribution in [0.3, 0.4) is 0 Å². The molecule has 0 spiro atoms. The molecule has 0 amide bonds. The zero-order valence-corrected chi connectivity index (χ0v) is 13.6. The number of hydrogen-bond donors (Lipinski definition) is 1. The highest BCUT2D eigenvalue weighted by atomic mass is 32.2. The molecule has 2 aromatic carbocycles. The van der Waals surface area contributed by atoms with E-state index < -0.39 is 10.0 Å². The van der Waals surface area contributed by atoms with E-state index in [9.17, 15) is 8.42 Å². The normalized spacial score (nSPS) is 11.0. The van der Waals surface area contributed by atoms with Gasteiger partial charge >= 0.3 is 0 Å². The topological polar surface area (TPSA) is 64.6 Å². The number of aryl methyl sites for hydroxylation is 1. The number of rotatable bonds is 6. The Morgan fingerprint density at radius 1 is 1.05 bits per heavy atom. The van der Waals surface area contributed by atoms with E-state index in [4.69, 9.17) is 9.47 Å². The Bertz CT molecular complexity index is 756. The van der Waals surface area contributed by atoms with Crippen LogP contribution >= 0.6 is 0 Å². The van der Waals surface area contributed by atoms with Crippen molar-refractivity contribution in [2.24, 2.45) is 0 Å². The zero-order valence-electron chi connectivity index (χ0n) is 12.8. The molecule has 0 saturated heterocycles. The molecule has 1 N–H and O–H groups in total. The molecule has 2 rings (SSSR count). The Hall–Kier alpha value is -2.21. The summed E-state index contributed by atoms with van der Waals surface area (Å²) in [6.45, 7) is 1.97. The number of para-hydroxylation sites is 1. The fraction of sp³-hybridized carbons (Fsp3) is 0.250. The molecule has 0 unspecified atom stereocenters. The van der Waals surface area contributed by atoms with Gasteiger partial charge in [0, 0.05) is 6.07 Å². The second-order valence-corrected chi connectivity index (χ2v) is 6.28. The van der Waals surface area contributed by atoms with Crippen LogP contribution in [0.2, 0.25) is 0 Å². The molecule has 0 aromatic heterocycles. The molecule has 6 heteroatoms. The highest BCUT2D eigenvalue weighted by Gasteiger charge is 2.21. The number of nitrogens with one attached hydrogen (secondary N) is 1. The summed E-state index contributed by atoms with van der Waals surface area (Å²) in [4.78, 5) is 0.0419. The van der Waals surface area contributed by atoms with Crippen LogP contribution in [0.5, 0.6) is 11.5 Å². The third kappa shape index (κ3) is 3.33. The molecule has 0 fully saturated rings. The summed E-state index contributed by atoms with van der Waals surface area (Å²) in [5, 5.41) is 0. The number of ether oxygens (including phenoxy) is 2. The van der Waals surface area contributed by atoms with Gasteiger partial charge in [0.1, 0.15) is 16.4 Å². The molecule has 0 radical (unpaired) electrons. The Labute approximate surface area is 130 Å². The van der Waals surface area contributed by atoms with E-state index >= 15 is 0 Å². The molecule has 5 nitrogen and oxygen atoms in total. The monoisotopic (exact) mass is 321 g/mol. The van der Waals surface area contributed by atoms with Crippen LogP contribution in [0.4, 0.5) is 5.69 Å². The predicted molar refractivity (Wildman–Crippen MR) is 86.2 cm³/mol. The van der Waals surface area contributed by atoms with Crippen LogP contribution in [0.1, 0.15) is 12.5 Å². The summed E-state index contributed by atoms with van der Waals surface area (Å²) in [5.41, 5.74) is 1.49. The summed E-state index contributed by atoms with van der Waals surface area (Å²) < 4.78 is 38.2. The van der Waals surface area contributed by atoms with E-state index in [2.05, 4.69) is 4.72 Å². The average molecular weight is 321 g/mol. The predicted octanol–water partition coefficient (Wildman–Crippen LogP) is 3.07. The minimum atomic E-state index is -3.78. The van der Waals surface area contributed by atoms with Crippen molar-refractivity contribution >= 4 is 15.7 Å². The van der Waals surface area contributed by atoms with Crippen LogP contribution < -0.4 is 14.2 Å². The Balaban J connectivity index is 2.46. The second kappa shape index (κ2) is 6.70. The van der Waals surface area contributed by atoms with Crippen molar-refractivity contribution in [3.63, 3.8) is 0 Å². The number of anilines is 1. The summed E-state index contributed by atoms with van der Waals surface area (Å²) in [6, 6.07) is 12.0. The van der Waals surface area contributed by atoms with Crippen molar-refractivity contribution in [2.75, 3.05) is 18.9 Å². The van der Waals surface area contributed by atoms with Crippen molar-refractivity contribution in [2.45, 2.75) is 18.2 Å². The molecule has 0 bridgehead atoms. The molecule has 0 aliphatic carbocycles. The maximum atomic E-state index is 12.7. The van der Waals surface area contributed by atoms with Crippen molar-refractivity contribution in [1.82, 2.24) is 0 Å². The fourth-order valence-corrected chi connectivity index (χ4v) is 3.41. The molecular weight excluding hydrogens is 302 g/mol. The van der Waals surface area contributed by atoms with Gasteiger partial charge in [-0.2, -0.15) is 0 Å². The highest BCUT2D eigenvalue weighted by Crippen LogP contribution is 2.30. The van der Waals surface area contributed by atoms with E-state index in [1.807, 2.05) is 19.1 Å². The summed E-state index contributed by atoms with van der Waals surface area (Å²) in [7, 11) is -0.861. The third-order valence-electron chi connectivity index (χ3n) is 3.30. The van der Waals surface area contributed by atoms with E-state index in [0.29, 0.717) is 11.4 Å². The van der Waals surface area contributed by atoms with Gasteiger partial charge in [-0.25, -0.2) is 8.42 Å². The molecule has 0 aliphatic rings. The second-order valence-electron chi connectivity index (χ2n) is 4.63. The zero-order chi connectivity index (χ0) is 16.2. The van der Waals surface area contributed by atoms with Gasteiger partial charge < -0.3 is 9.47 Å². The van der Waals surface area contributed by atoms with Crippen LogP contribution in [-0.2, 0) is 16.4 Å². The van der Waals surface area contributed by atoms with Gasteiger partial charge in [-0.05, 0) is 30.2 Å². The maximum absolute atomic E-state index is 12.7. The Morgan fingerprint density at radius 3 is 2.41 bits per heavy atom. The molecule has 0 heterocycles. The van der Waals surface area contributed by atoms with Gasteiger partial charge in [-0.3, -0.25) is 4.72 Å². The fourth-order valence-electron chi connectivity index (χ4n) is 2.12. The minimum absolute atomic E-state index is 0.0419.